The lowest BCUT2D eigenvalue weighted by Crippen LogP contribution is -2.52. The second-order valence-corrected chi connectivity index (χ2v) is 8.63. The van der Waals surface area contributed by atoms with Gasteiger partial charge in [-0.2, -0.15) is 0 Å². The summed E-state index contributed by atoms with van der Waals surface area (Å²) in [4.78, 5) is 43.7. The maximum atomic E-state index is 13.1. The number of carbonyl (C=O) groups is 3. The largest absolute Gasteiger partial charge is 0.339 e. The molecule has 0 unspecified atom stereocenters. The maximum absolute atomic E-state index is 13.1. The van der Waals surface area contributed by atoms with E-state index in [1.54, 1.807) is 39.0 Å². The van der Waals surface area contributed by atoms with Gasteiger partial charge in [0.2, 0.25) is 11.8 Å². The highest BCUT2D eigenvalue weighted by Crippen LogP contribution is 2.30. The van der Waals surface area contributed by atoms with E-state index >= 15 is 0 Å². The molecule has 0 saturated carbocycles. The molecular weight excluding hydrogens is 414 g/mol. The Bertz CT molecular complexity index is 1030. The number of nitrogens with zero attached hydrogens (tertiary/aromatic N) is 3. The van der Waals surface area contributed by atoms with Gasteiger partial charge in [0.15, 0.2) is 0 Å². The minimum atomic E-state index is -0.349. The normalized spacial score (nSPS) is 19.1. The van der Waals surface area contributed by atoms with Crippen molar-refractivity contribution in [1.82, 2.24) is 9.80 Å². The van der Waals surface area contributed by atoms with Crippen LogP contribution in [0.1, 0.15) is 27.9 Å². The van der Waals surface area contributed by atoms with Crippen LogP contribution < -0.4 is 4.90 Å². The van der Waals surface area contributed by atoms with Gasteiger partial charge in [-0.3, -0.25) is 14.4 Å². The molecule has 4 rings (SSSR count). The molecule has 162 valence electrons. The van der Waals surface area contributed by atoms with Crippen molar-refractivity contribution < 1.29 is 14.4 Å². The van der Waals surface area contributed by atoms with Gasteiger partial charge in [0.1, 0.15) is 0 Å². The summed E-state index contributed by atoms with van der Waals surface area (Å²) >= 11 is 6.15. The standard InChI is InChI=1S/C24H26ClN3O3/c1-16-6-5-9-21(17(16)2)28-15-18(14-22(28)29)23(30)26-10-12-27(13-11-26)24(31)19-7-3-4-8-20(19)25/h3-9,18H,10-15H2,1-2H3/t18-/m1/s1. The molecule has 2 aromatic rings. The van der Waals surface area contributed by atoms with Crippen molar-refractivity contribution in [3.63, 3.8) is 0 Å². The fourth-order valence-corrected chi connectivity index (χ4v) is 4.54. The van der Waals surface area contributed by atoms with Crippen LogP contribution in [0.15, 0.2) is 42.5 Å². The Morgan fingerprint density at radius 1 is 0.935 bits per heavy atom. The Labute approximate surface area is 187 Å². The van der Waals surface area contributed by atoms with Gasteiger partial charge in [0.05, 0.1) is 16.5 Å². The van der Waals surface area contributed by atoms with Crippen molar-refractivity contribution in [2.75, 3.05) is 37.6 Å². The van der Waals surface area contributed by atoms with Crippen molar-refractivity contribution >= 4 is 35.0 Å². The van der Waals surface area contributed by atoms with E-state index in [0.29, 0.717) is 43.3 Å². The van der Waals surface area contributed by atoms with Crippen LogP contribution in [0.25, 0.3) is 0 Å². The molecule has 0 N–H and O–H groups in total. The molecule has 2 saturated heterocycles. The van der Waals surface area contributed by atoms with Crippen molar-refractivity contribution in [1.29, 1.82) is 0 Å². The van der Waals surface area contributed by atoms with Crippen molar-refractivity contribution in [2.45, 2.75) is 20.3 Å². The van der Waals surface area contributed by atoms with Crippen LogP contribution in [0.3, 0.4) is 0 Å². The predicted octanol–water partition coefficient (Wildman–Crippen LogP) is 3.29. The number of hydrogen-bond donors (Lipinski definition) is 0. The predicted molar refractivity (Wildman–Crippen MR) is 120 cm³/mol. The zero-order chi connectivity index (χ0) is 22.1. The molecule has 31 heavy (non-hydrogen) atoms. The second-order valence-electron chi connectivity index (χ2n) is 8.22. The Hall–Kier alpha value is -2.86. The number of halogens is 1. The summed E-state index contributed by atoms with van der Waals surface area (Å²) in [6.45, 7) is 6.26. The summed E-state index contributed by atoms with van der Waals surface area (Å²) in [5, 5.41) is 0.432. The van der Waals surface area contributed by atoms with E-state index in [9.17, 15) is 14.4 Å². The number of aryl methyl sites for hydroxylation is 1. The van der Waals surface area contributed by atoms with Crippen LogP contribution in [-0.2, 0) is 9.59 Å². The summed E-state index contributed by atoms with van der Waals surface area (Å²) in [5.41, 5.74) is 3.56. The summed E-state index contributed by atoms with van der Waals surface area (Å²) in [6.07, 6.45) is 0.227. The summed E-state index contributed by atoms with van der Waals surface area (Å²) in [7, 11) is 0. The first-order valence-corrected chi connectivity index (χ1v) is 10.9. The molecule has 2 aromatic carbocycles. The number of hydrogen-bond acceptors (Lipinski definition) is 3. The minimum absolute atomic E-state index is 0.00833. The highest BCUT2D eigenvalue weighted by atomic mass is 35.5. The van der Waals surface area contributed by atoms with E-state index in [4.69, 9.17) is 11.6 Å². The SMILES string of the molecule is Cc1cccc(N2C[C@H](C(=O)N3CCN(C(=O)c4ccccc4Cl)CC3)CC2=O)c1C. The van der Waals surface area contributed by atoms with Crippen LogP contribution in [0.4, 0.5) is 5.69 Å². The number of piperazine rings is 1. The lowest BCUT2D eigenvalue weighted by Gasteiger charge is -2.36. The van der Waals surface area contributed by atoms with Crippen molar-refractivity contribution in [3.8, 4) is 0 Å². The first-order chi connectivity index (χ1) is 14.9. The molecular formula is C24H26ClN3O3. The molecule has 2 heterocycles. The quantitative estimate of drug-likeness (QED) is 0.737. The highest BCUT2D eigenvalue weighted by Gasteiger charge is 2.38. The minimum Gasteiger partial charge on any atom is -0.339 e. The van der Waals surface area contributed by atoms with Crippen LogP contribution >= 0.6 is 11.6 Å². The first-order valence-electron chi connectivity index (χ1n) is 10.6. The third kappa shape index (κ3) is 4.17. The Kier molecular flexibility index (Phi) is 6.01. The van der Waals surface area contributed by atoms with Gasteiger partial charge >= 0.3 is 0 Å². The molecule has 3 amide bonds. The molecule has 2 fully saturated rings. The number of carbonyl (C=O) groups excluding carboxylic acids is 3. The average molecular weight is 440 g/mol. The fraction of sp³-hybridized carbons (Fsp3) is 0.375. The lowest BCUT2D eigenvalue weighted by atomic mass is 10.1. The van der Waals surface area contributed by atoms with E-state index in [2.05, 4.69) is 0 Å². The van der Waals surface area contributed by atoms with Crippen molar-refractivity contribution in [3.05, 3.63) is 64.2 Å². The monoisotopic (exact) mass is 439 g/mol. The zero-order valence-electron chi connectivity index (χ0n) is 17.8. The molecule has 0 bridgehead atoms. The summed E-state index contributed by atoms with van der Waals surface area (Å²) < 4.78 is 0. The van der Waals surface area contributed by atoms with Gasteiger partial charge in [-0.1, -0.05) is 35.9 Å². The third-order valence-corrected chi connectivity index (χ3v) is 6.65. The highest BCUT2D eigenvalue weighted by molar-refractivity contribution is 6.33. The molecule has 1 atom stereocenters. The van der Waals surface area contributed by atoms with Crippen molar-refractivity contribution in [2.24, 2.45) is 5.92 Å². The topological polar surface area (TPSA) is 60.9 Å². The number of rotatable bonds is 3. The molecule has 0 aliphatic carbocycles. The first kappa shape index (κ1) is 21.4. The molecule has 0 radical (unpaired) electrons. The van der Waals surface area contributed by atoms with Crippen LogP contribution in [0.5, 0.6) is 0 Å². The summed E-state index contributed by atoms with van der Waals surface area (Å²) in [6, 6.07) is 12.9. The molecule has 0 aromatic heterocycles. The van der Waals surface area contributed by atoms with E-state index in [0.717, 1.165) is 16.8 Å². The number of amides is 3. The summed E-state index contributed by atoms with van der Waals surface area (Å²) in [5.74, 6) is -0.487. The van der Waals surface area contributed by atoms with Crippen LogP contribution in [0, 0.1) is 19.8 Å². The fourth-order valence-electron chi connectivity index (χ4n) is 4.33. The third-order valence-electron chi connectivity index (χ3n) is 6.32. The van der Waals surface area contributed by atoms with Gasteiger partial charge in [0, 0.05) is 44.8 Å². The number of benzene rings is 2. The molecule has 6 nitrogen and oxygen atoms in total. The van der Waals surface area contributed by atoms with Gasteiger partial charge in [0.25, 0.3) is 5.91 Å². The van der Waals surface area contributed by atoms with E-state index in [1.807, 2.05) is 32.0 Å². The smallest absolute Gasteiger partial charge is 0.255 e. The van der Waals surface area contributed by atoms with E-state index in [-0.39, 0.29) is 30.1 Å². The van der Waals surface area contributed by atoms with Gasteiger partial charge < -0.3 is 14.7 Å². The van der Waals surface area contributed by atoms with E-state index < -0.39 is 0 Å². The van der Waals surface area contributed by atoms with Crippen LogP contribution in [-0.4, -0.2) is 60.2 Å². The maximum Gasteiger partial charge on any atom is 0.255 e. The van der Waals surface area contributed by atoms with Crippen LogP contribution in [0.2, 0.25) is 5.02 Å². The number of anilines is 1. The Morgan fingerprint density at radius 2 is 1.61 bits per heavy atom. The molecule has 0 spiro atoms. The lowest BCUT2D eigenvalue weighted by molar-refractivity contribution is -0.137. The average Bonchev–Trinajstić information content (AvgIpc) is 3.16. The van der Waals surface area contributed by atoms with E-state index in [1.165, 1.54) is 0 Å². The second kappa shape index (κ2) is 8.71. The Morgan fingerprint density at radius 3 is 2.32 bits per heavy atom. The van der Waals surface area contributed by atoms with Gasteiger partial charge in [-0.25, -0.2) is 0 Å². The molecule has 2 aliphatic rings. The van der Waals surface area contributed by atoms with Gasteiger partial charge in [-0.05, 0) is 43.2 Å². The zero-order valence-corrected chi connectivity index (χ0v) is 18.6. The molecule has 2 aliphatic heterocycles. The molecule has 7 heteroatoms. The van der Waals surface area contributed by atoms with Gasteiger partial charge in [-0.15, -0.1) is 0 Å². The Balaban J connectivity index is 1.38.